The van der Waals surface area contributed by atoms with Crippen molar-refractivity contribution < 1.29 is 17.7 Å². The summed E-state index contributed by atoms with van der Waals surface area (Å²) in [6.07, 6.45) is 1.94. The molecule has 1 aromatic heterocycles. The third kappa shape index (κ3) is 4.97. The Hall–Kier alpha value is -2.71. The average Bonchev–Trinajstić information content (AvgIpc) is 3.22. The highest BCUT2D eigenvalue weighted by atomic mass is 32.2. The predicted octanol–water partition coefficient (Wildman–Crippen LogP) is 3.93. The number of fused-ring (bicyclic) bond motifs is 1. The Kier molecular flexibility index (Phi) is 5.61. The van der Waals surface area contributed by atoms with Gasteiger partial charge in [0.2, 0.25) is 10.0 Å². The normalized spacial score (nSPS) is 15.0. The van der Waals surface area contributed by atoms with E-state index in [1.807, 2.05) is 63.2 Å². The molecular formula is C23H27N3O4S. The zero-order chi connectivity index (χ0) is 22.2. The third-order valence-corrected chi connectivity index (χ3v) is 6.58. The van der Waals surface area contributed by atoms with E-state index < -0.39 is 10.0 Å². The molecule has 31 heavy (non-hydrogen) atoms. The van der Waals surface area contributed by atoms with Gasteiger partial charge in [0.05, 0.1) is 6.26 Å². The number of aromatic nitrogens is 2. The highest BCUT2D eigenvalue weighted by molar-refractivity contribution is 7.88. The third-order valence-electron chi connectivity index (χ3n) is 5.33. The molecule has 3 aromatic rings. The van der Waals surface area contributed by atoms with E-state index in [9.17, 15) is 8.42 Å². The fraction of sp³-hybridized carbons (Fsp3) is 0.391. The molecule has 0 spiro atoms. The number of nitrogens with zero attached hydrogens (tertiary/aromatic N) is 3. The van der Waals surface area contributed by atoms with Gasteiger partial charge in [-0.2, -0.15) is 9.29 Å². The molecule has 7 nitrogen and oxygen atoms in total. The van der Waals surface area contributed by atoms with Gasteiger partial charge in [0.25, 0.3) is 5.89 Å². The molecule has 0 saturated heterocycles. The highest BCUT2D eigenvalue weighted by Gasteiger charge is 2.23. The van der Waals surface area contributed by atoms with Crippen LogP contribution < -0.4 is 4.74 Å². The van der Waals surface area contributed by atoms with Gasteiger partial charge in [0.1, 0.15) is 12.4 Å². The van der Waals surface area contributed by atoms with E-state index in [4.69, 9.17) is 9.26 Å². The molecule has 0 bridgehead atoms. The van der Waals surface area contributed by atoms with Crippen LogP contribution in [0.1, 0.15) is 43.3 Å². The first-order chi connectivity index (χ1) is 14.6. The zero-order valence-electron chi connectivity index (χ0n) is 18.3. The van der Waals surface area contributed by atoms with E-state index in [0.29, 0.717) is 37.8 Å². The summed E-state index contributed by atoms with van der Waals surface area (Å²) in [5.41, 5.74) is 3.91. The summed E-state index contributed by atoms with van der Waals surface area (Å²) in [4.78, 5) is 4.49. The first kappa shape index (κ1) is 21.5. The van der Waals surface area contributed by atoms with Gasteiger partial charge in [-0.25, -0.2) is 8.42 Å². The molecule has 164 valence electrons. The lowest BCUT2D eigenvalue weighted by molar-refractivity contribution is 0.305. The molecule has 0 atom stereocenters. The van der Waals surface area contributed by atoms with Crippen LogP contribution in [-0.4, -0.2) is 35.7 Å². The Labute approximate surface area is 183 Å². The Morgan fingerprint density at radius 1 is 1.10 bits per heavy atom. The summed E-state index contributed by atoms with van der Waals surface area (Å²) < 4.78 is 36.4. The van der Waals surface area contributed by atoms with E-state index in [-0.39, 0.29) is 5.41 Å². The van der Waals surface area contributed by atoms with Gasteiger partial charge in [-0.1, -0.05) is 44.1 Å². The number of ether oxygens (including phenoxy) is 1. The largest absolute Gasteiger partial charge is 0.489 e. The lowest BCUT2D eigenvalue weighted by atomic mass is 9.96. The molecule has 0 unspecified atom stereocenters. The first-order valence-electron chi connectivity index (χ1n) is 10.2. The van der Waals surface area contributed by atoms with Gasteiger partial charge < -0.3 is 9.26 Å². The Morgan fingerprint density at radius 2 is 1.84 bits per heavy atom. The minimum Gasteiger partial charge on any atom is -0.489 e. The quantitative estimate of drug-likeness (QED) is 0.596. The molecule has 0 radical (unpaired) electrons. The second-order valence-corrected chi connectivity index (χ2v) is 10.9. The molecule has 2 heterocycles. The lowest BCUT2D eigenvalue weighted by Gasteiger charge is -2.27. The number of hydrogen-bond donors (Lipinski definition) is 0. The van der Waals surface area contributed by atoms with Gasteiger partial charge in [-0.05, 0) is 47.4 Å². The number of benzene rings is 2. The molecule has 0 fully saturated rings. The fourth-order valence-electron chi connectivity index (χ4n) is 3.43. The van der Waals surface area contributed by atoms with Crippen molar-refractivity contribution >= 4 is 10.0 Å². The molecule has 0 N–H and O–H groups in total. The van der Waals surface area contributed by atoms with Crippen molar-refractivity contribution in [2.75, 3.05) is 12.8 Å². The summed E-state index contributed by atoms with van der Waals surface area (Å²) in [5, 5.41) is 4.07. The van der Waals surface area contributed by atoms with Crippen LogP contribution in [0, 0.1) is 0 Å². The van der Waals surface area contributed by atoms with Gasteiger partial charge in [-0.15, -0.1) is 0 Å². The second-order valence-electron chi connectivity index (χ2n) is 8.94. The smallest absolute Gasteiger partial charge is 0.257 e. The number of rotatable bonds is 5. The van der Waals surface area contributed by atoms with E-state index in [1.165, 1.54) is 10.6 Å². The van der Waals surface area contributed by atoms with E-state index in [0.717, 1.165) is 28.0 Å². The topological polar surface area (TPSA) is 85.5 Å². The van der Waals surface area contributed by atoms with Crippen molar-refractivity contribution in [3.8, 4) is 17.2 Å². The van der Waals surface area contributed by atoms with E-state index in [1.54, 1.807) is 0 Å². The summed E-state index contributed by atoms with van der Waals surface area (Å²) >= 11 is 0. The van der Waals surface area contributed by atoms with E-state index >= 15 is 0 Å². The van der Waals surface area contributed by atoms with Gasteiger partial charge in [0, 0.05) is 24.1 Å². The molecule has 2 aromatic carbocycles. The van der Waals surface area contributed by atoms with Crippen LogP contribution in [-0.2, 0) is 35.0 Å². The van der Waals surface area contributed by atoms with Crippen molar-refractivity contribution in [1.82, 2.24) is 14.4 Å². The Balaban J connectivity index is 1.39. The van der Waals surface area contributed by atoms with Crippen molar-refractivity contribution in [2.24, 2.45) is 0 Å². The maximum Gasteiger partial charge on any atom is 0.257 e. The maximum absolute atomic E-state index is 11.8. The molecular weight excluding hydrogens is 414 g/mol. The minimum absolute atomic E-state index is 0.159. The van der Waals surface area contributed by atoms with Crippen LogP contribution in [0.4, 0.5) is 0 Å². The predicted molar refractivity (Wildman–Crippen MR) is 118 cm³/mol. The van der Waals surface area contributed by atoms with Crippen molar-refractivity contribution in [3.63, 3.8) is 0 Å². The standard InChI is InChI=1S/C23H27N3O4S/c1-23(2,3)22-24-21(30-25-22)17-7-5-16(6-8-17)15-29-20-10-9-19-14-26(31(4,27)28)12-11-18(19)13-20/h5-10,13H,11-12,14-15H2,1-4H3. The monoisotopic (exact) mass is 441 g/mol. The summed E-state index contributed by atoms with van der Waals surface area (Å²) in [6.45, 7) is 7.50. The lowest BCUT2D eigenvalue weighted by Crippen LogP contribution is -2.35. The van der Waals surface area contributed by atoms with E-state index in [2.05, 4.69) is 10.1 Å². The van der Waals surface area contributed by atoms with Crippen molar-refractivity contribution in [1.29, 1.82) is 0 Å². The molecule has 0 aliphatic carbocycles. The molecule has 0 saturated carbocycles. The average molecular weight is 442 g/mol. The second kappa shape index (κ2) is 8.09. The van der Waals surface area contributed by atoms with Gasteiger partial charge in [-0.3, -0.25) is 0 Å². The van der Waals surface area contributed by atoms with Crippen LogP contribution >= 0.6 is 0 Å². The molecule has 1 aliphatic heterocycles. The fourth-order valence-corrected chi connectivity index (χ4v) is 4.23. The summed E-state index contributed by atoms with van der Waals surface area (Å²) in [5.74, 6) is 1.97. The SMILES string of the molecule is CC(C)(C)c1noc(-c2ccc(COc3ccc4c(c3)CCN(S(C)(=O)=O)C4)cc2)n1. The van der Waals surface area contributed by atoms with Crippen LogP contribution in [0.15, 0.2) is 47.0 Å². The molecule has 0 amide bonds. The van der Waals surface area contributed by atoms with Crippen LogP contribution in [0.3, 0.4) is 0 Å². The summed E-state index contributed by atoms with van der Waals surface area (Å²) in [7, 11) is -3.17. The summed E-state index contributed by atoms with van der Waals surface area (Å²) in [6, 6.07) is 13.7. The Morgan fingerprint density at radius 3 is 2.48 bits per heavy atom. The van der Waals surface area contributed by atoms with Crippen molar-refractivity contribution in [3.05, 3.63) is 65.0 Å². The first-order valence-corrected chi connectivity index (χ1v) is 12.1. The Bertz CT molecular complexity index is 1180. The van der Waals surface area contributed by atoms with Crippen LogP contribution in [0.2, 0.25) is 0 Å². The zero-order valence-corrected chi connectivity index (χ0v) is 19.1. The molecule has 8 heteroatoms. The molecule has 4 rings (SSSR count). The molecule has 1 aliphatic rings. The minimum atomic E-state index is -3.17. The van der Waals surface area contributed by atoms with Gasteiger partial charge >= 0.3 is 0 Å². The van der Waals surface area contributed by atoms with Crippen molar-refractivity contribution in [2.45, 2.75) is 45.8 Å². The van der Waals surface area contributed by atoms with Crippen LogP contribution in [0.25, 0.3) is 11.5 Å². The maximum atomic E-state index is 11.8. The van der Waals surface area contributed by atoms with Gasteiger partial charge in [0.15, 0.2) is 5.82 Å². The van der Waals surface area contributed by atoms with Crippen LogP contribution in [0.5, 0.6) is 5.75 Å². The highest BCUT2D eigenvalue weighted by Crippen LogP contribution is 2.26. The number of sulfonamides is 1. The number of hydrogen-bond acceptors (Lipinski definition) is 6.